The van der Waals surface area contributed by atoms with E-state index in [1.54, 1.807) is 31.3 Å². The largest absolute Gasteiger partial charge is 0.479 e. The summed E-state index contributed by atoms with van der Waals surface area (Å²) in [5.41, 5.74) is -1.70. The predicted molar refractivity (Wildman–Crippen MR) is 79.8 cm³/mol. The van der Waals surface area contributed by atoms with Crippen LogP contribution in [0.2, 0.25) is 0 Å². The predicted octanol–water partition coefficient (Wildman–Crippen LogP) is 0.104. The van der Waals surface area contributed by atoms with Crippen LogP contribution in [0.25, 0.3) is 10.9 Å². The van der Waals surface area contributed by atoms with Crippen molar-refractivity contribution in [2.45, 2.75) is 12.5 Å². The number of fused-ring (bicyclic) bond motifs is 1. The summed E-state index contributed by atoms with van der Waals surface area (Å²) in [5.74, 6) is -2.06. The average molecular weight is 304 g/mol. The number of amides is 1. The standard InChI is InChI=1S/C15H16N2O5/c1-15(22,14(20)21)8-16-13(19)10-7-12(18)17(2)11-6-4-3-5-9(10)11/h3-7,22H,8H2,1-2H3,(H,16,19)(H,20,21). The van der Waals surface area contributed by atoms with Gasteiger partial charge in [0.1, 0.15) is 0 Å². The van der Waals surface area contributed by atoms with Crippen molar-refractivity contribution in [1.29, 1.82) is 0 Å². The third-order valence-electron chi connectivity index (χ3n) is 3.45. The van der Waals surface area contributed by atoms with E-state index >= 15 is 0 Å². The second-order valence-electron chi connectivity index (χ2n) is 5.23. The zero-order valence-corrected chi connectivity index (χ0v) is 12.2. The average Bonchev–Trinajstić information content (AvgIpc) is 2.48. The highest BCUT2D eigenvalue weighted by Crippen LogP contribution is 2.16. The number of carbonyl (C=O) groups excluding carboxylic acids is 1. The van der Waals surface area contributed by atoms with Crippen molar-refractivity contribution < 1.29 is 19.8 Å². The summed E-state index contributed by atoms with van der Waals surface area (Å²) < 4.78 is 1.42. The fourth-order valence-electron chi connectivity index (χ4n) is 2.02. The molecule has 2 aromatic rings. The lowest BCUT2D eigenvalue weighted by molar-refractivity contribution is -0.155. The minimum Gasteiger partial charge on any atom is -0.479 e. The topological polar surface area (TPSA) is 109 Å². The van der Waals surface area contributed by atoms with E-state index < -0.39 is 24.0 Å². The number of aliphatic carboxylic acids is 1. The first-order chi connectivity index (χ1) is 10.2. The van der Waals surface area contributed by atoms with E-state index in [1.165, 1.54) is 10.6 Å². The molecule has 1 unspecified atom stereocenters. The fourth-order valence-corrected chi connectivity index (χ4v) is 2.02. The van der Waals surface area contributed by atoms with Crippen molar-refractivity contribution in [2.75, 3.05) is 6.54 Å². The van der Waals surface area contributed by atoms with Crippen LogP contribution in [0, 0.1) is 0 Å². The van der Waals surface area contributed by atoms with Gasteiger partial charge in [-0.1, -0.05) is 18.2 Å². The molecule has 0 saturated carbocycles. The van der Waals surface area contributed by atoms with E-state index in [9.17, 15) is 19.5 Å². The van der Waals surface area contributed by atoms with Crippen LogP contribution in [0.4, 0.5) is 0 Å². The highest BCUT2D eigenvalue weighted by atomic mass is 16.4. The second-order valence-corrected chi connectivity index (χ2v) is 5.23. The van der Waals surface area contributed by atoms with Gasteiger partial charge in [-0.3, -0.25) is 9.59 Å². The Morgan fingerprint density at radius 3 is 2.59 bits per heavy atom. The van der Waals surface area contributed by atoms with Crippen molar-refractivity contribution in [3.63, 3.8) is 0 Å². The number of rotatable bonds is 4. The number of hydrogen-bond acceptors (Lipinski definition) is 4. The Kier molecular flexibility index (Phi) is 4.01. The monoisotopic (exact) mass is 304 g/mol. The van der Waals surface area contributed by atoms with E-state index in [4.69, 9.17) is 5.11 Å². The van der Waals surface area contributed by atoms with E-state index in [0.717, 1.165) is 6.92 Å². The minimum absolute atomic E-state index is 0.139. The molecular weight excluding hydrogens is 288 g/mol. The number of aliphatic hydroxyl groups is 1. The Bertz CT molecular complexity index is 807. The SMILES string of the molecule is Cn1c(=O)cc(C(=O)NCC(C)(O)C(=O)O)c2ccccc21. The zero-order valence-electron chi connectivity index (χ0n) is 12.2. The molecule has 0 saturated heterocycles. The molecule has 0 spiro atoms. The van der Waals surface area contributed by atoms with Crippen LogP contribution in [0.3, 0.4) is 0 Å². The quantitative estimate of drug-likeness (QED) is 0.742. The van der Waals surface area contributed by atoms with Gasteiger partial charge in [0.25, 0.3) is 11.5 Å². The van der Waals surface area contributed by atoms with Crippen molar-refractivity contribution in [3.05, 3.63) is 46.2 Å². The second kappa shape index (κ2) is 5.61. The van der Waals surface area contributed by atoms with E-state index in [-0.39, 0.29) is 11.1 Å². The van der Waals surface area contributed by atoms with Crippen LogP contribution in [0.1, 0.15) is 17.3 Å². The first kappa shape index (κ1) is 15.7. The summed E-state index contributed by atoms with van der Waals surface area (Å²) in [7, 11) is 1.60. The normalized spacial score (nSPS) is 13.6. The first-order valence-electron chi connectivity index (χ1n) is 6.57. The molecule has 1 aromatic carbocycles. The number of hydrogen-bond donors (Lipinski definition) is 3. The third-order valence-corrected chi connectivity index (χ3v) is 3.45. The lowest BCUT2D eigenvalue weighted by Gasteiger charge is -2.18. The molecule has 0 aliphatic carbocycles. The smallest absolute Gasteiger partial charge is 0.337 e. The lowest BCUT2D eigenvalue weighted by atomic mass is 10.1. The first-order valence-corrected chi connectivity index (χ1v) is 6.57. The molecule has 2 rings (SSSR count). The molecule has 0 aliphatic rings. The van der Waals surface area contributed by atoms with Gasteiger partial charge in [0.05, 0.1) is 17.6 Å². The number of para-hydroxylation sites is 1. The van der Waals surface area contributed by atoms with E-state index in [1.807, 2.05) is 0 Å². The molecule has 0 bridgehead atoms. The maximum atomic E-state index is 12.2. The molecule has 0 radical (unpaired) electrons. The van der Waals surface area contributed by atoms with E-state index in [2.05, 4.69) is 5.32 Å². The van der Waals surface area contributed by atoms with Crippen LogP contribution in [-0.4, -0.2) is 38.8 Å². The van der Waals surface area contributed by atoms with Crippen LogP contribution >= 0.6 is 0 Å². The molecule has 0 fully saturated rings. The number of aromatic nitrogens is 1. The maximum absolute atomic E-state index is 12.2. The molecule has 0 aliphatic heterocycles. The zero-order chi connectivity index (χ0) is 16.5. The molecule has 7 heteroatoms. The van der Waals surface area contributed by atoms with Gasteiger partial charge in [0, 0.05) is 18.5 Å². The number of pyridine rings is 1. The Morgan fingerprint density at radius 1 is 1.32 bits per heavy atom. The van der Waals surface area contributed by atoms with Gasteiger partial charge >= 0.3 is 5.97 Å². The van der Waals surface area contributed by atoms with Gasteiger partial charge in [-0.15, -0.1) is 0 Å². The van der Waals surface area contributed by atoms with E-state index in [0.29, 0.717) is 10.9 Å². The third kappa shape index (κ3) is 2.84. The molecule has 7 nitrogen and oxygen atoms in total. The molecule has 1 aromatic heterocycles. The van der Waals surface area contributed by atoms with Gasteiger partial charge in [0.15, 0.2) is 5.60 Å². The fraction of sp³-hybridized carbons (Fsp3) is 0.267. The van der Waals surface area contributed by atoms with Crippen molar-refractivity contribution in [2.24, 2.45) is 7.05 Å². The molecule has 3 N–H and O–H groups in total. The maximum Gasteiger partial charge on any atom is 0.337 e. The summed E-state index contributed by atoms with van der Waals surface area (Å²) in [5, 5.41) is 21.3. The minimum atomic E-state index is -2.08. The molecule has 1 atom stereocenters. The van der Waals surface area contributed by atoms with Crippen molar-refractivity contribution in [1.82, 2.24) is 9.88 Å². The number of carbonyl (C=O) groups is 2. The Hall–Kier alpha value is -2.67. The summed E-state index contributed by atoms with van der Waals surface area (Å²) in [6.45, 7) is 0.614. The van der Waals surface area contributed by atoms with Crippen LogP contribution in [0.15, 0.2) is 35.1 Å². The Morgan fingerprint density at radius 2 is 1.95 bits per heavy atom. The number of aryl methyl sites for hydroxylation is 1. The van der Waals surface area contributed by atoms with Crippen molar-refractivity contribution >= 4 is 22.8 Å². The number of carboxylic acids is 1. The molecule has 1 amide bonds. The summed E-state index contributed by atoms with van der Waals surface area (Å²) in [4.78, 5) is 35.0. The Labute approximate surface area is 125 Å². The number of nitrogens with zero attached hydrogens (tertiary/aromatic N) is 1. The van der Waals surface area contributed by atoms with Gasteiger partial charge in [0.2, 0.25) is 0 Å². The number of nitrogens with one attached hydrogen (secondary N) is 1. The summed E-state index contributed by atoms with van der Waals surface area (Å²) >= 11 is 0. The number of benzene rings is 1. The summed E-state index contributed by atoms with van der Waals surface area (Å²) in [6, 6.07) is 8.07. The summed E-state index contributed by atoms with van der Waals surface area (Å²) in [6.07, 6.45) is 0. The Balaban J connectivity index is 2.39. The molecule has 116 valence electrons. The molecule has 22 heavy (non-hydrogen) atoms. The van der Waals surface area contributed by atoms with Crippen LogP contribution in [0.5, 0.6) is 0 Å². The molecule has 1 heterocycles. The van der Waals surface area contributed by atoms with Crippen LogP contribution < -0.4 is 10.9 Å². The van der Waals surface area contributed by atoms with Gasteiger partial charge in [-0.05, 0) is 13.0 Å². The highest BCUT2D eigenvalue weighted by Gasteiger charge is 2.30. The van der Waals surface area contributed by atoms with Gasteiger partial charge in [-0.2, -0.15) is 0 Å². The lowest BCUT2D eigenvalue weighted by Crippen LogP contribution is -2.46. The number of carboxylic acid groups (broad SMARTS) is 1. The van der Waals surface area contributed by atoms with Gasteiger partial charge in [-0.25, -0.2) is 4.79 Å². The van der Waals surface area contributed by atoms with Crippen LogP contribution in [-0.2, 0) is 11.8 Å². The molecular formula is C15H16N2O5. The van der Waals surface area contributed by atoms with Gasteiger partial charge < -0.3 is 20.1 Å². The van der Waals surface area contributed by atoms with Crippen molar-refractivity contribution in [3.8, 4) is 0 Å². The highest BCUT2D eigenvalue weighted by molar-refractivity contribution is 6.06.